The molecule has 0 aromatic rings. The smallest absolute Gasteiger partial charge is 0.0771 e. The van der Waals surface area contributed by atoms with Crippen LogP contribution >= 0.6 is 0 Å². The third-order valence-electron chi connectivity index (χ3n) is 3.56. The number of aliphatic hydroxyl groups is 1. The first-order valence-corrected chi connectivity index (χ1v) is 6.13. The number of nitrogens with one attached hydrogen (secondary N) is 1. The number of likely N-dealkylation sites (N-methyl/N-ethyl adjacent to an activating group) is 1. The van der Waals surface area contributed by atoms with E-state index in [9.17, 15) is 5.11 Å². The Morgan fingerprint density at radius 3 is 2.40 bits per heavy atom. The minimum Gasteiger partial charge on any atom is -0.389 e. The van der Waals surface area contributed by atoms with E-state index in [4.69, 9.17) is 0 Å². The van der Waals surface area contributed by atoms with Crippen molar-refractivity contribution < 1.29 is 5.11 Å². The molecule has 0 heterocycles. The average Bonchev–Trinajstić information content (AvgIpc) is 2.18. The molecule has 3 nitrogen and oxygen atoms in total. The maximum Gasteiger partial charge on any atom is 0.0771 e. The van der Waals surface area contributed by atoms with Crippen LogP contribution in [-0.2, 0) is 0 Å². The largest absolute Gasteiger partial charge is 0.389 e. The summed E-state index contributed by atoms with van der Waals surface area (Å²) in [5.41, 5.74) is -0.426. The summed E-state index contributed by atoms with van der Waals surface area (Å²) in [5.74, 6) is 0. The molecule has 0 amide bonds. The van der Waals surface area contributed by atoms with Crippen molar-refractivity contribution in [3.8, 4) is 0 Å². The van der Waals surface area contributed by atoms with Gasteiger partial charge in [-0.3, -0.25) is 0 Å². The molecule has 0 radical (unpaired) electrons. The molecule has 0 saturated heterocycles. The molecule has 0 spiro atoms. The average molecular weight is 214 g/mol. The maximum absolute atomic E-state index is 10.2. The van der Waals surface area contributed by atoms with Gasteiger partial charge < -0.3 is 15.3 Å². The Bertz CT molecular complexity index is 176. The van der Waals surface area contributed by atoms with Crippen molar-refractivity contribution in [1.29, 1.82) is 0 Å². The molecule has 1 rings (SSSR count). The molecule has 15 heavy (non-hydrogen) atoms. The van der Waals surface area contributed by atoms with Gasteiger partial charge in [-0.1, -0.05) is 19.3 Å². The van der Waals surface area contributed by atoms with Crippen LogP contribution in [0.3, 0.4) is 0 Å². The standard InChI is InChI=1S/C12H26N2O/c1-11(14(2)3)9-13-10-12(15)7-5-4-6-8-12/h11,13,15H,4-10H2,1-3H3. The molecule has 1 aliphatic rings. The molecule has 0 aromatic carbocycles. The summed E-state index contributed by atoms with van der Waals surface area (Å²) in [4.78, 5) is 2.19. The van der Waals surface area contributed by atoms with Gasteiger partial charge in [0.25, 0.3) is 0 Å². The second-order valence-corrected chi connectivity index (χ2v) is 5.23. The Labute approximate surface area is 93.9 Å². The lowest BCUT2D eigenvalue weighted by molar-refractivity contribution is 0.00415. The molecular weight excluding hydrogens is 188 g/mol. The summed E-state index contributed by atoms with van der Waals surface area (Å²) >= 11 is 0. The molecule has 0 aromatic heterocycles. The quantitative estimate of drug-likeness (QED) is 0.722. The fraction of sp³-hybridized carbons (Fsp3) is 1.00. The Balaban J connectivity index is 2.18. The molecule has 0 aliphatic heterocycles. The van der Waals surface area contributed by atoms with E-state index >= 15 is 0 Å². The van der Waals surface area contributed by atoms with Gasteiger partial charge in [0.05, 0.1) is 5.60 Å². The Morgan fingerprint density at radius 1 is 1.27 bits per heavy atom. The zero-order chi connectivity index (χ0) is 11.3. The molecular formula is C12H26N2O. The summed E-state index contributed by atoms with van der Waals surface area (Å²) in [6, 6.07) is 0.525. The van der Waals surface area contributed by atoms with Gasteiger partial charge in [0.2, 0.25) is 0 Å². The highest BCUT2D eigenvalue weighted by Gasteiger charge is 2.28. The van der Waals surface area contributed by atoms with Gasteiger partial charge in [0.1, 0.15) is 0 Å². The topological polar surface area (TPSA) is 35.5 Å². The van der Waals surface area contributed by atoms with Crippen LogP contribution in [0.25, 0.3) is 0 Å². The number of hydrogen-bond acceptors (Lipinski definition) is 3. The molecule has 3 heteroatoms. The van der Waals surface area contributed by atoms with E-state index in [1.54, 1.807) is 0 Å². The Hall–Kier alpha value is -0.120. The second-order valence-electron chi connectivity index (χ2n) is 5.23. The van der Waals surface area contributed by atoms with E-state index < -0.39 is 5.60 Å². The second kappa shape index (κ2) is 5.83. The summed E-state index contributed by atoms with van der Waals surface area (Å²) < 4.78 is 0. The van der Waals surface area contributed by atoms with E-state index in [0.717, 1.165) is 25.9 Å². The number of nitrogens with zero attached hydrogens (tertiary/aromatic N) is 1. The zero-order valence-corrected chi connectivity index (χ0v) is 10.4. The van der Waals surface area contributed by atoms with Gasteiger partial charge in [-0.05, 0) is 33.9 Å². The third-order valence-corrected chi connectivity index (χ3v) is 3.56. The van der Waals surface area contributed by atoms with Crippen molar-refractivity contribution in [3.63, 3.8) is 0 Å². The van der Waals surface area contributed by atoms with Crippen LogP contribution in [0.2, 0.25) is 0 Å². The van der Waals surface area contributed by atoms with Crippen LogP contribution in [0.1, 0.15) is 39.0 Å². The molecule has 90 valence electrons. The lowest BCUT2D eigenvalue weighted by Crippen LogP contribution is -2.45. The normalized spacial score (nSPS) is 23.0. The molecule has 1 atom stereocenters. The first kappa shape index (κ1) is 12.9. The SMILES string of the molecule is CC(CNCC1(O)CCCCC1)N(C)C. The van der Waals surface area contributed by atoms with Gasteiger partial charge in [0.15, 0.2) is 0 Å². The molecule has 0 bridgehead atoms. The lowest BCUT2D eigenvalue weighted by Gasteiger charge is -2.33. The van der Waals surface area contributed by atoms with Crippen LogP contribution in [0.5, 0.6) is 0 Å². The summed E-state index contributed by atoms with van der Waals surface area (Å²) in [6.45, 7) is 3.90. The van der Waals surface area contributed by atoms with Crippen molar-refractivity contribution >= 4 is 0 Å². The number of rotatable bonds is 5. The van der Waals surface area contributed by atoms with E-state index in [1.165, 1.54) is 19.3 Å². The van der Waals surface area contributed by atoms with Gasteiger partial charge in [0, 0.05) is 19.1 Å². The van der Waals surface area contributed by atoms with Gasteiger partial charge in [-0.2, -0.15) is 0 Å². The van der Waals surface area contributed by atoms with E-state index in [1.807, 2.05) is 0 Å². The maximum atomic E-state index is 10.2. The first-order valence-electron chi connectivity index (χ1n) is 6.13. The summed E-state index contributed by atoms with van der Waals surface area (Å²) in [5, 5.41) is 13.6. The highest BCUT2D eigenvalue weighted by atomic mass is 16.3. The highest BCUT2D eigenvalue weighted by molar-refractivity contribution is 4.84. The lowest BCUT2D eigenvalue weighted by atomic mass is 9.85. The molecule has 1 unspecified atom stereocenters. The third kappa shape index (κ3) is 4.49. The van der Waals surface area contributed by atoms with Crippen LogP contribution < -0.4 is 5.32 Å². The van der Waals surface area contributed by atoms with Crippen molar-refractivity contribution in [2.75, 3.05) is 27.2 Å². The van der Waals surface area contributed by atoms with Gasteiger partial charge in [-0.25, -0.2) is 0 Å². The number of hydrogen-bond donors (Lipinski definition) is 2. The minimum absolute atomic E-state index is 0.426. The monoisotopic (exact) mass is 214 g/mol. The summed E-state index contributed by atoms with van der Waals surface area (Å²) in [7, 11) is 4.17. The van der Waals surface area contributed by atoms with Crippen molar-refractivity contribution in [2.24, 2.45) is 0 Å². The fourth-order valence-electron chi connectivity index (χ4n) is 2.08. The van der Waals surface area contributed by atoms with E-state index in [2.05, 4.69) is 31.2 Å². The molecule has 2 N–H and O–H groups in total. The highest BCUT2D eigenvalue weighted by Crippen LogP contribution is 2.27. The van der Waals surface area contributed by atoms with Crippen LogP contribution in [0, 0.1) is 0 Å². The van der Waals surface area contributed by atoms with Crippen molar-refractivity contribution in [2.45, 2.75) is 50.7 Å². The van der Waals surface area contributed by atoms with E-state index in [0.29, 0.717) is 6.04 Å². The minimum atomic E-state index is -0.426. The van der Waals surface area contributed by atoms with Crippen LogP contribution in [0.4, 0.5) is 0 Å². The van der Waals surface area contributed by atoms with Gasteiger partial charge in [-0.15, -0.1) is 0 Å². The Kier molecular flexibility index (Phi) is 5.03. The fourth-order valence-corrected chi connectivity index (χ4v) is 2.08. The van der Waals surface area contributed by atoms with Crippen LogP contribution in [-0.4, -0.2) is 48.8 Å². The van der Waals surface area contributed by atoms with Crippen LogP contribution in [0.15, 0.2) is 0 Å². The van der Waals surface area contributed by atoms with Crippen molar-refractivity contribution in [1.82, 2.24) is 10.2 Å². The zero-order valence-electron chi connectivity index (χ0n) is 10.4. The molecule has 1 aliphatic carbocycles. The molecule has 1 fully saturated rings. The Morgan fingerprint density at radius 2 is 1.87 bits per heavy atom. The predicted molar refractivity (Wildman–Crippen MR) is 64.1 cm³/mol. The van der Waals surface area contributed by atoms with Crippen molar-refractivity contribution in [3.05, 3.63) is 0 Å². The predicted octanol–water partition coefficient (Wildman–Crippen LogP) is 1.22. The molecule has 1 saturated carbocycles. The summed E-state index contributed by atoms with van der Waals surface area (Å²) in [6.07, 6.45) is 5.59. The van der Waals surface area contributed by atoms with Gasteiger partial charge >= 0.3 is 0 Å². The first-order chi connectivity index (χ1) is 7.03. The van der Waals surface area contributed by atoms with E-state index in [-0.39, 0.29) is 0 Å².